The molecule has 116 valence electrons. The van der Waals surface area contributed by atoms with E-state index in [0.29, 0.717) is 13.0 Å². The molecule has 0 spiro atoms. The van der Waals surface area contributed by atoms with E-state index in [2.05, 4.69) is 10.6 Å². The SMILES string of the molecule is CCCNC(=O)CCNC(=O)C(N)Cc1ccc(O)cc1. The van der Waals surface area contributed by atoms with Crippen molar-refractivity contribution in [2.24, 2.45) is 5.73 Å². The molecule has 2 amide bonds. The molecule has 6 nitrogen and oxygen atoms in total. The number of phenols is 1. The lowest BCUT2D eigenvalue weighted by atomic mass is 10.1. The Labute approximate surface area is 124 Å². The number of amides is 2. The molecule has 0 aliphatic rings. The minimum atomic E-state index is -0.673. The number of hydrogen-bond donors (Lipinski definition) is 4. The van der Waals surface area contributed by atoms with Crippen molar-refractivity contribution in [3.63, 3.8) is 0 Å². The average molecular weight is 293 g/mol. The van der Waals surface area contributed by atoms with Gasteiger partial charge in [-0.05, 0) is 30.5 Å². The van der Waals surface area contributed by atoms with Crippen LogP contribution >= 0.6 is 0 Å². The zero-order valence-corrected chi connectivity index (χ0v) is 12.3. The number of benzene rings is 1. The quantitative estimate of drug-likeness (QED) is 0.553. The van der Waals surface area contributed by atoms with Gasteiger partial charge in [0.05, 0.1) is 6.04 Å². The van der Waals surface area contributed by atoms with Crippen LogP contribution in [0.3, 0.4) is 0 Å². The zero-order valence-electron chi connectivity index (χ0n) is 12.3. The van der Waals surface area contributed by atoms with Crippen LogP contribution in [-0.4, -0.2) is 36.1 Å². The lowest BCUT2D eigenvalue weighted by molar-refractivity contribution is -0.123. The van der Waals surface area contributed by atoms with Gasteiger partial charge in [0.15, 0.2) is 0 Å². The first-order valence-corrected chi connectivity index (χ1v) is 7.10. The van der Waals surface area contributed by atoms with Gasteiger partial charge in [-0.3, -0.25) is 9.59 Å². The molecule has 1 aromatic rings. The second-order valence-electron chi connectivity index (χ2n) is 4.87. The van der Waals surface area contributed by atoms with E-state index in [9.17, 15) is 14.7 Å². The molecule has 0 radical (unpaired) electrons. The minimum Gasteiger partial charge on any atom is -0.508 e. The number of phenolic OH excluding ortho intramolecular Hbond substituents is 1. The Kier molecular flexibility index (Phi) is 7.25. The highest BCUT2D eigenvalue weighted by molar-refractivity contribution is 5.82. The molecule has 0 heterocycles. The van der Waals surface area contributed by atoms with Crippen LogP contribution in [0.4, 0.5) is 0 Å². The van der Waals surface area contributed by atoms with Crippen molar-refractivity contribution in [3.05, 3.63) is 29.8 Å². The zero-order chi connectivity index (χ0) is 15.7. The van der Waals surface area contributed by atoms with Crippen molar-refractivity contribution in [2.75, 3.05) is 13.1 Å². The number of rotatable bonds is 8. The number of nitrogens with two attached hydrogens (primary N) is 1. The topological polar surface area (TPSA) is 104 Å². The lowest BCUT2D eigenvalue weighted by Crippen LogP contribution is -2.43. The second-order valence-corrected chi connectivity index (χ2v) is 4.87. The molecule has 21 heavy (non-hydrogen) atoms. The van der Waals surface area contributed by atoms with Gasteiger partial charge >= 0.3 is 0 Å². The molecular formula is C15H23N3O3. The fourth-order valence-electron chi connectivity index (χ4n) is 1.76. The molecule has 0 aliphatic heterocycles. The molecule has 1 aromatic carbocycles. The predicted octanol–water partition coefficient (Wildman–Crippen LogP) is 0.295. The number of hydrogen-bond acceptors (Lipinski definition) is 4. The van der Waals surface area contributed by atoms with Gasteiger partial charge in [0, 0.05) is 19.5 Å². The maximum atomic E-state index is 11.8. The van der Waals surface area contributed by atoms with Crippen LogP contribution in [-0.2, 0) is 16.0 Å². The van der Waals surface area contributed by atoms with Gasteiger partial charge in [-0.2, -0.15) is 0 Å². The van der Waals surface area contributed by atoms with Gasteiger partial charge in [-0.25, -0.2) is 0 Å². The summed E-state index contributed by atoms with van der Waals surface area (Å²) in [6.07, 6.45) is 1.52. The van der Waals surface area contributed by atoms with E-state index in [1.165, 1.54) is 0 Å². The molecule has 5 N–H and O–H groups in total. The lowest BCUT2D eigenvalue weighted by Gasteiger charge is -2.12. The Morgan fingerprint density at radius 2 is 1.86 bits per heavy atom. The van der Waals surface area contributed by atoms with Crippen LogP contribution in [0.25, 0.3) is 0 Å². The first-order valence-electron chi connectivity index (χ1n) is 7.10. The van der Waals surface area contributed by atoms with Crippen LogP contribution < -0.4 is 16.4 Å². The summed E-state index contributed by atoms with van der Waals surface area (Å²) < 4.78 is 0. The largest absolute Gasteiger partial charge is 0.508 e. The minimum absolute atomic E-state index is 0.0794. The highest BCUT2D eigenvalue weighted by Gasteiger charge is 2.14. The number of carbonyl (C=O) groups is 2. The molecule has 1 unspecified atom stereocenters. The van der Waals surface area contributed by atoms with E-state index in [-0.39, 0.29) is 30.5 Å². The number of nitrogens with one attached hydrogen (secondary N) is 2. The van der Waals surface area contributed by atoms with E-state index < -0.39 is 6.04 Å². The summed E-state index contributed by atoms with van der Waals surface area (Å²) >= 11 is 0. The van der Waals surface area contributed by atoms with Crippen molar-refractivity contribution in [1.82, 2.24) is 10.6 Å². The molecule has 6 heteroatoms. The summed E-state index contributed by atoms with van der Waals surface area (Å²) in [6, 6.07) is 5.88. The predicted molar refractivity (Wildman–Crippen MR) is 80.7 cm³/mol. The highest BCUT2D eigenvalue weighted by Crippen LogP contribution is 2.10. The summed E-state index contributed by atoms with van der Waals surface area (Å²) in [5.74, 6) is -0.189. The molecule has 0 saturated heterocycles. The summed E-state index contributed by atoms with van der Waals surface area (Å²) in [5.41, 5.74) is 6.68. The Bertz CT molecular complexity index is 460. The maximum absolute atomic E-state index is 11.8. The average Bonchev–Trinajstić information content (AvgIpc) is 2.47. The summed E-state index contributed by atoms with van der Waals surface area (Å²) in [7, 11) is 0. The first-order chi connectivity index (χ1) is 10.0. The van der Waals surface area contributed by atoms with E-state index in [1.54, 1.807) is 24.3 Å². The highest BCUT2D eigenvalue weighted by atomic mass is 16.3. The molecular weight excluding hydrogens is 270 g/mol. The Morgan fingerprint density at radius 3 is 2.48 bits per heavy atom. The van der Waals surface area contributed by atoms with Crippen LogP contribution in [0.15, 0.2) is 24.3 Å². The van der Waals surface area contributed by atoms with E-state index in [4.69, 9.17) is 5.73 Å². The Balaban J connectivity index is 2.28. The Hall–Kier alpha value is -2.08. The normalized spacial score (nSPS) is 11.7. The van der Waals surface area contributed by atoms with E-state index in [0.717, 1.165) is 12.0 Å². The standard InChI is InChI=1S/C15H23N3O3/c1-2-8-17-14(20)7-9-18-15(21)13(16)10-11-3-5-12(19)6-4-11/h3-6,13,19H,2,7-10,16H2,1H3,(H,17,20)(H,18,21). The van der Waals surface area contributed by atoms with Gasteiger partial charge in [0.2, 0.25) is 11.8 Å². The molecule has 0 bridgehead atoms. The van der Waals surface area contributed by atoms with Crippen LogP contribution in [0, 0.1) is 0 Å². The van der Waals surface area contributed by atoms with Crippen LogP contribution in [0.5, 0.6) is 5.75 Å². The summed E-state index contributed by atoms with van der Waals surface area (Å²) in [5, 5.41) is 14.6. The third-order valence-electron chi connectivity index (χ3n) is 2.95. The first kappa shape index (κ1) is 17.0. The fourth-order valence-corrected chi connectivity index (χ4v) is 1.76. The van der Waals surface area contributed by atoms with Crippen molar-refractivity contribution < 1.29 is 14.7 Å². The Morgan fingerprint density at radius 1 is 1.19 bits per heavy atom. The van der Waals surface area contributed by atoms with Crippen molar-refractivity contribution >= 4 is 11.8 Å². The van der Waals surface area contributed by atoms with Crippen molar-refractivity contribution in [1.29, 1.82) is 0 Å². The summed E-state index contributed by atoms with van der Waals surface area (Å²) in [6.45, 7) is 2.90. The van der Waals surface area contributed by atoms with Gasteiger partial charge in [-0.1, -0.05) is 19.1 Å². The van der Waals surface area contributed by atoms with Gasteiger partial charge in [0.25, 0.3) is 0 Å². The summed E-state index contributed by atoms with van der Waals surface area (Å²) in [4.78, 5) is 23.2. The maximum Gasteiger partial charge on any atom is 0.237 e. The molecule has 0 saturated carbocycles. The molecule has 0 fully saturated rings. The fraction of sp³-hybridized carbons (Fsp3) is 0.467. The van der Waals surface area contributed by atoms with E-state index in [1.807, 2.05) is 6.92 Å². The van der Waals surface area contributed by atoms with Crippen LogP contribution in [0.2, 0.25) is 0 Å². The number of carbonyl (C=O) groups excluding carboxylic acids is 2. The van der Waals surface area contributed by atoms with Gasteiger partial charge in [0.1, 0.15) is 5.75 Å². The second kappa shape index (κ2) is 8.97. The molecule has 1 rings (SSSR count). The molecule has 0 aromatic heterocycles. The van der Waals surface area contributed by atoms with Crippen molar-refractivity contribution in [3.8, 4) is 5.75 Å². The third kappa shape index (κ3) is 6.76. The van der Waals surface area contributed by atoms with Gasteiger partial charge < -0.3 is 21.5 Å². The van der Waals surface area contributed by atoms with Crippen LogP contribution in [0.1, 0.15) is 25.3 Å². The number of aromatic hydroxyl groups is 1. The monoisotopic (exact) mass is 293 g/mol. The smallest absolute Gasteiger partial charge is 0.237 e. The third-order valence-corrected chi connectivity index (χ3v) is 2.95. The molecule has 1 atom stereocenters. The van der Waals surface area contributed by atoms with Crippen molar-refractivity contribution in [2.45, 2.75) is 32.2 Å². The van der Waals surface area contributed by atoms with Gasteiger partial charge in [-0.15, -0.1) is 0 Å². The molecule has 0 aliphatic carbocycles. The van der Waals surface area contributed by atoms with E-state index >= 15 is 0 Å².